The quantitative estimate of drug-likeness (QED) is 0.797. The van der Waals surface area contributed by atoms with E-state index in [4.69, 9.17) is 0 Å². The summed E-state index contributed by atoms with van der Waals surface area (Å²) in [5.74, 6) is 0.258. The first-order valence-corrected chi connectivity index (χ1v) is 6.66. The van der Waals surface area contributed by atoms with E-state index < -0.39 is 0 Å². The van der Waals surface area contributed by atoms with Crippen LogP contribution in [0, 0.1) is 6.92 Å². The van der Waals surface area contributed by atoms with E-state index in [0.717, 1.165) is 38.3 Å². The highest BCUT2D eigenvalue weighted by atomic mass is 35.5. The SMILES string of the molecule is Cc1ccc(C(=O)CCN2CCN(C)CC2)cc1.Cl.Cl. The molecule has 0 bridgehead atoms. The van der Waals surface area contributed by atoms with Crippen molar-refractivity contribution in [1.29, 1.82) is 0 Å². The van der Waals surface area contributed by atoms with Crippen molar-refractivity contribution in [3.8, 4) is 0 Å². The lowest BCUT2D eigenvalue weighted by molar-refractivity contribution is 0.0942. The first-order valence-electron chi connectivity index (χ1n) is 6.66. The number of carbonyl (C=O) groups is 1. The van der Waals surface area contributed by atoms with Gasteiger partial charge in [0.2, 0.25) is 0 Å². The normalized spacial score (nSPS) is 16.1. The minimum Gasteiger partial charge on any atom is -0.304 e. The molecule has 2 rings (SSSR count). The van der Waals surface area contributed by atoms with Gasteiger partial charge in [-0.05, 0) is 14.0 Å². The van der Waals surface area contributed by atoms with Gasteiger partial charge >= 0.3 is 0 Å². The van der Waals surface area contributed by atoms with Crippen LogP contribution in [0.5, 0.6) is 0 Å². The molecule has 0 unspecified atom stereocenters. The van der Waals surface area contributed by atoms with E-state index in [1.54, 1.807) is 0 Å². The van der Waals surface area contributed by atoms with Gasteiger partial charge in [-0.3, -0.25) is 4.79 Å². The van der Waals surface area contributed by atoms with Crippen molar-refractivity contribution in [1.82, 2.24) is 9.80 Å². The molecular formula is C15H24Cl2N2O. The van der Waals surface area contributed by atoms with Crippen LogP contribution in [0.2, 0.25) is 0 Å². The van der Waals surface area contributed by atoms with Crippen LogP contribution in [0.25, 0.3) is 0 Å². The fourth-order valence-corrected chi connectivity index (χ4v) is 2.21. The molecule has 0 radical (unpaired) electrons. The van der Waals surface area contributed by atoms with Crippen molar-refractivity contribution in [2.24, 2.45) is 0 Å². The Bertz CT molecular complexity index is 401. The number of halogens is 2. The number of Topliss-reactive ketones (excluding diaryl/α,β-unsaturated/α-hetero) is 1. The van der Waals surface area contributed by atoms with Gasteiger partial charge in [0.25, 0.3) is 0 Å². The number of hydrogen-bond acceptors (Lipinski definition) is 3. The van der Waals surface area contributed by atoms with Gasteiger partial charge in [0.05, 0.1) is 0 Å². The molecule has 1 fully saturated rings. The molecule has 0 N–H and O–H groups in total. The summed E-state index contributed by atoms with van der Waals surface area (Å²) in [6.07, 6.45) is 0.632. The largest absolute Gasteiger partial charge is 0.304 e. The zero-order valence-corrected chi connectivity index (χ0v) is 13.8. The summed E-state index contributed by atoms with van der Waals surface area (Å²) >= 11 is 0. The summed E-state index contributed by atoms with van der Waals surface area (Å²) in [6, 6.07) is 7.87. The summed E-state index contributed by atoms with van der Waals surface area (Å²) in [7, 11) is 2.15. The van der Waals surface area contributed by atoms with Gasteiger partial charge in [0, 0.05) is 44.7 Å². The lowest BCUT2D eigenvalue weighted by Crippen LogP contribution is -2.45. The Labute approximate surface area is 134 Å². The molecule has 1 heterocycles. The fourth-order valence-electron chi connectivity index (χ4n) is 2.21. The molecule has 5 heteroatoms. The Morgan fingerprint density at radius 2 is 1.60 bits per heavy atom. The Kier molecular flexibility index (Phi) is 9.06. The summed E-state index contributed by atoms with van der Waals surface area (Å²) in [5.41, 5.74) is 2.04. The molecule has 1 aliphatic heterocycles. The van der Waals surface area contributed by atoms with Crippen LogP contribution in [0.4, 0.5) is 0 Å². The van der Waals surface area contributed by atoms with E-state index in [0.29, 0.717) is 6.42 Å². The molecule has 0 amide bonds. The number of ketones is 1. The third-order valence-corrected chi connectivity index (χ3v) is 3.62. The van der Waals surface area contributed by atoms with Gasteiger partial charge in [-0.15, -0.1) is 24.8 Å². The third kappa shape index (κ3) is 5.80. The van der Waals surface area contributed by atoms with E-state index in [1.807, 2.05) is 31.2 Å². The van der Waals surface area contributed by atoms with Crippen LogP contribution in [0.1, 0.15) is 22.3 Å². The fraction of sp³-hybridized carbons (Fsp3) is 0.533. The van der Waals surface area contributed by atoms with Gasteiger partial charge in [-0.2, -0.15) is 0 Å². The number of aryl methyl sites for hydroxylation is 1. The van der Waals surface area contributed by atoms with E-state index in [-0.39, 0.29) is 30.6 Å². The molecular weight excluding hydrogens is 295 g/mol. The maximum absolute atomic E-state index is 12.0. The maximum Gasteiger partial charge on any atom is 0.164 e. The van der Waals surface area contributed by atoms with Gasteiger partial charge in [-0.1, -0.05) is 29.8 Å². The molecule has 1 aromatic carbocycles. The molecule has 1 saturated heterocycles. The van der Waals surface area contributed by atoms with E-state index >= 15 is 0 Å². The topological polar surface area (TPSA) is 23.6 Å². The van der Waals surface area contributed by atoms with Gasteiger partial charge in [0.15, 0.2) is 5.78 Å². The zero-order valence-electron chi connectivity index (χ0n) is 12.2. The highest BCUT2D eigenvalue weighted by Gasteiger charge is 2.15. The second-order valence-corrected chi connectivity index (χ2v) is 5.18. The lowest BCUT2D eigenvalue weighted by Gasteiger charge is -2.32. The van der Waals surface area contributed by atoms with Crippen molar-refractivity contribution in [3.63, 3.8) is 0 Å². The van der Waals surface area contributed by atoms with E-state index in [1.165, 1.54) is 5.56 Å². The van der Waals surface area contributed by atoms with Gasteiger partial charge in [0.1, 0.15) is 0 Å². The molecule has 114 valence electrons. The highest BCUT2D eigenvalue weighted by molar-refractivity contribution is 5.96. The average molecular weight is 319 g/mol. The van der Waals surface area contributed by atoms with E-state index in [2.05, 4.69) is 16.8 Å². The number of hydrogen-bond donors (Lipinski definition) is 0. The van der Waals surface area contributed by atoms with Crippen molar-refractivity contribution in [2.75, 3.05) is 39.8 Å². The molecule has 1 aromatic rings. The van der Waals surface area contributed by atoms with Crippen molar-refractivity contribution < 1.29 is 4.79 Å². The Balaban J connectivity index is 0.00000180. The molecule has 0 aromatic heterocycles. The van der Waals surface area contributed by atoms with Gasteiger partial charge in [-0.25, -0.2) is 0 Å². The number of benzene rings is 1. The molecule has 0 spiro atoms. The first kappa shape index (κ1) is 19.4. The average Bonchev–Trinajstić information content (AvgIpc) is 2.38. The summed E-state index contributed by atoms with van der Waals surface area (Å²) in [4.78, 5) is 16.7. The molecule has 20 heavy (non-hydrogen) atoms. The Morgan fingerprint density at radius 3 is 2.15 bits per heavy atom. The predicted molar refractivity (Wildman–Crippen MR) is 88.6 cm³/mol. The Morgan fingerprint density at radius 1 is 1.05 bits per heavy atom. The zero-order chi connectivity index (χ0) is 13.0. The van der Waals surface area contributed by atoms with Crippen LogP contribution < -0.4 is 0 Å². The first-order chi connectivity index (χ1) is 8.65. The number of rotatable bonds is 4. The van der Waals surface area contributed by atoms with Crippen LogP contribution in [-0.2, 0) is 0 Å². The number of nitrogens with zero attached hydrogens (tertiary/aromatic N) is 2. The van der Waals surface area contributed by atoms with Crippen LogP contribution in [0.3, 0.4) is 0 Å². The standard InChI is InChI=1S/C15H22N2O.2ClH/c1-13-3-5-14(6-4-13)15(18)7-8-17-11-9-16(2)10-12-17;;/h3-6H,7-12H2,1-2H3;2*1H. The minimum atomic E-state index is 0. The number of piperazine rings is 1. The van der Waals surface area contributed by atoms with Crippen LogP contribution in [0.15, 0.2) is 24.3 Å². The minimum absolute atomic E-state index is 0. The molecule has 0 aliphatic carbocycles. The molecule has 0 saturated carbocycles. The maximum atomic E-state index is 12.0. The number of carbonyl (C=O) groups excluding carboxylic acids is 1. The predicted octanol–water partition coefficient (Wildman–Crippen LogP) is 2.66. The smallest absolute Gasteiger partial charge is 0.164 e. The Hall–Kier alpha value is -0.610. The van der Waals surface area contributed by atoms with Crippen molar-refractivity contribution in [2.45, 2.75) is 13.3 Å². The summed E-state index contributed by atoms with van der Waals surface area (Å²) < 4.78 is 0. The second-order valence-electron chi connectivity index (χ2n) is 5.18. The molecule has 0 atom stereocenters. The second kappa shape index (κ2) is 9.35. The van der Waals surface area contributed by atoms with Crippen molar-refractivity contribution >= 4 is 30.6 Å². The summed E-state index contributed by atoms with van der Waals surface area (Å²) in [6.45, 7) is 7.31. The van der Waals surface area contributed by atoms with Crippen molar-refractivity contribution in [3.05, 3.63) is 35.4 Å². The third-order valence-electron chi connectivity index (χ3n) is 3.62. The summed E-state index contributed by atoms with van der Waals surface area (Å²) in [5, 5.41) is 0. The van der Waals surface area contributed by atoms with Crippen LogP contribution in [-0.4, -0.2) is 55.4 Å². The number of likely N-dealkylation sites (N-methyl/N-ethyl adjacent to an activating group) is 1. The van der Waals surface area contributed by atoms with E-state index in [9.17, 15) is 4.79 Å². The van der Waals surface area contributed by atoms with Crippen LogP contribution >= 0.6 is 24.8 Å². The monoisotopic (exact) mass is 318 g/mol. The van der Waals surface area contributed by atoms with Gasteiger partial charge < -0.3 is 9.80 Å². The molecule has 3 nitrogen and oxygen atoms in total. The highest BCUT2D eigenvalue weighted by Crippen LogP contribution is 2.08. The molecule has 1 aliphatic rings. The lowest BCUT2D eigenvalue weighted by atomic mass is 10.1.